The van der Waals surface area contributed by atoms with Crippen molar-refractivity contribution in [2.75, 3.05) is 39.4 Å². The summed E-state index contributed by atoms with van der Waals surface area (Å²) in [5.74, 6) is -0.348. The van der Waals surface area contributed by atoms with E-state index in [-0.39, 0.29) is 23.9 Å². The van der Waals surface area contributed by atoms with Crippen LogP contribution in [0.5, 0.6) is 0 Å². The number of nitro groups is 1. The van der Waals surface area contributed by atoms with Crippen molar-refractivity contribution in [3.63, 3.8) is 0 Å². The highest BCUT2D eigenvalue weighted by atomic mass is 16.6. The van der Waals surface area contributed by atoms with Gasteiger partial charge in [0, 0.05) is 61.2 Å². The molecule has 1 aliphatic heterocycles. The molecule has 0 aliphatic carbocycles. The number of non-ortho nitro benzene ring substituents is 1. The second-order valence-electron chi connectivity index (χ2n) is 8.70. The minimum Gasteiger partial charge on any atom is -0.379 e. The fourth-order valence-corrected chi connectivity index (χ4v) is 4.70. The molecule has 0 spiro atoms. The van der Waals surface area contributed by atoms with Gasteiger partial charge >= 0.3 is 0 Å². The number of morpholine rings is 1. The maximum atomic E-state index is 13.0. The summed E-state index contributed by atoms with van der Waals surface area (Å²) in [5, 5.41) is 15.5. The van der Waals surface area contributed by atoms with E-state index < -0.39 is 4.92 Å². The molecule has 3 aromatic rings. The number of para-hydroxylation sites is 1. The smallest absolute Gasteiger partial charge is 0.269 e. The van der Waals surface area contributed by atoms with E-state index in [2.05, 4.69) is 28.2 Å². The van der Waals surface area contributed by atoms with E-state index in [1.54, 1.807) is 12.1 Å². The van der Waals surface area contributed by atoms with E-state index in [1.807, 2.05) is 24.4 Å². The number of aryl methyl sites for hydroxylation is 1. The summed E-state index contributed by atoms with van der Waals surface area (Å²) in [6, 6.07) is 12.8. The number of aromatic amines is 1. The minimum absolute atomic E-state index is 0.0301. The van der Waals surface area contributed by atoms with Gasteiger partial charge < -0.3 is 15.0 Å². The SMILES string of the molecule is CCc1cccc2c(C(CC(=O)NCCCN3CCOCC3)c3cccc([N+](=O)[O-])c3)c[nH]c12. The Balaban J connectivity index is 1.52. The van der Waals surface area contributed by atoms with Crippen LogP contribution in [0.25, 0.3) is 10.9 Å². The Bertz CT molecular complexity index is 1140. The van der Waals surface area contributed by atoms with Crippen molar-refractivity contribution in [3.8, 4) is 0 Å². The molecule has 4 rings (SSSR count). The number of fused-ring (bicyclic) bond motifs is 1. The molecule has 0 saturated carbocycles. The molecule has 1 amide bonds. The predicted molar refractivity (Wildman–Crippen MR) is 132 cm³/mol. The fourth-order valence-electron chi connectivity index (χ4n) is 4.70. The van der Waals surface area contributed by atoms with Gasteiger partial charge in [-0.3, -0.25) is 19.8 Å². The molecule has 2 N–H and O–H groups in total. The number of aromatic nitrogens is 1. The van der Waals surface area contributed by atoms with Crippen molar-refractivity contribution in [1.29, 1.82) is 0 Å². The number of H-pyrrole nitrogens is 1. The van der Waals surface area contributed by atoms with Gasteiger partial charge in [0.05, 0.1) is 18.1 Å². The van der Waals surface area contributed by atoms with Crippen molar-refractivity contribution in [2.45, 2.75) is 32.1 Å². The van der Waals surface area contributed by atoms with Crippen LogP contribution < -0.4 is 5.32 Å². The molecule has 2 aromatic carbocycles. The summed E-state index contributed by atoms with van der Waals surface area (Å²) in [5.41, 5.74) is 4.03. The van der Waals surface area contributed by atoms with Crippen molar-refractivity contribution >= 4 is 22.5 Å². The van der Waals surface area contributed by atoms with Crippen molar-refractivity contribution in [1.82, 2.24) is 15.2 Å². The molecule has 1 atom stereocenters. The highest BCUT2D eigenvalue weighted by Gasteiger charge is 2.23. The van der Waals surface area contributed by atoms with Crippen LogP contribution in [-0.2, 0) is 16.0 Å². The maximum absolute atomic E-state index is 13.0. The molecule has 8 heteroatoms. The molecule has 1 aromatic heterocycles. The normalized spacial score (nSPS) is 15.3. The van der Waals surface area contributed by atoms with Crippen molar-refractivity contribution < 1.29 is 14.5 Å². The zero-order valence-corrected chi connectivity index (χ0v) is 19.6. The number of benzene rings is 2. The second kappa shape index (κ2) is 11.3. The molecule has 34 heavy (non-hydrogen) atoms. The highest BCUT2D eigenvalue weighted by Crippen LogP contribution is 2.35. The van der Waals surface area contributed by atoms with E-state index in [9.17, 15) is 14.9 Å². The average Bonchev–Trinajstić information content (AvgIpc) is 3.30. The molecule has 1 saturated heterocycles. The van der Waals surface area contributed by atoms with Crippen LogP contribution in [0, 0.1) is 10.1 Å². The Morgan fingerprint density at radius 3 is 2.79 bits per heavy atom. The monoisotopic (exact) mass is 464 g/mol. The number of ether oxygens (including phenoxy) is 1. The Hall–Kier alpha value is -3.23. The number of amides is 1. The van der Waals surface area contributed by atoms with E-state index in [0.717, 1.165) is 67.7 Å². The lowest BCUT2D eigenvalue weighted by Gasteiger charge is -2.26. The number of hydrogen-bond donors (Lipinski definition) is 2. The van der Waals surface area contributed by atoms with Gasteiger partial charge in [-0.2, -0.15) is 0 Å². The fraction of sp³-hybridized carbons (Fsp3) is 0.423. The minimum atomic E-state index is -0.392. The number of carbonyl (C=O) groups is 1. The highest BCUT2D eigenvalue weighted by molar-refractivity contribution is 5.88. The molecule has 180 valence electrons. The first-order chi connectivity index (χ1) is 16.6. The van der Waals surface area contributed by atoms with Gasteiger partial charge in [-0.15, -0.1) is 0 Å². The van der Waals surface area contributed by atoms with E-state index in [0.29, 0.717) is 6.54 Å². The molecule has 0 bridgehead atoms. The predicted octanol–water partition coefficient (Wildman–Crippen LogP) is 4.00. The van der Waals surface area contributed by atoms with Crippen molar-refractivity contribution in [3.05, 3.63) is 75.5 Å². The first-order valence-electron chi connectivity index (χ1n) is 12.0. The van der Waals surface area contributed by atoms with Gasteiger partial charge in [0.25, 0.3) is 5.69 Å². The second-order valence-corrected chi connectivity index (χ2v) is 8.70. The molecule has 1 fully saturated rings. The largest absolute Gasteiger partial charge is 0.379 e. The third-order valence-corrected chi connectivity index (χ3v) is 6.54. The molecular weight excluding hydrogens is 432 g/mol. The summed E-state index contributed by atoms with van der Waals surface area (Å²) in [7, 11) is 0. The topological polar surface area (TPSA) is 100 Å². The third kappa shape index (κ3) is 5.63. The Morgan fingerprint density at radius 2 is 2.03 bits per heavy atom. The molecular formula is C26H32N4O4. The lowest BCUT2D eigenvalue weighted by Crippen LogP contribution is -2.38. The lowest BCUT2D eigenvalue weighted by atomic mass is 9.87. The van der Waals surface area contributed by atoms with Crippen molar-refractivity contribution in [2.24, 2.45) is 0 Å². The zero-order valence-electron chi connectivity index (χ0n) is 19.6. The standard InChI is InChI=1S/C26H32N4O4/c1-2-19-6-4-9-22-24(18-28-26(19)22)23(20-7-3-8-21(16-20)30(32)33)17-25(31)27-10-5-11-29-12-14-34-15-13-29/h3-4,6-9,16,18,23,28H,2,5,10-15,17H2,1H3,(H,27,31). The Kier molecular flexibility index (Phi) is 7.92. The molecule has 0 radical (unpaired) electrons. The van der Waals surface area contributed by atoms with E-state index in [4.69, 9.17) is 4.74 Å². The Morgan fingerprint density at radius 1 is 1.24 bits per heavy atom. The number of hydrogen-bond acceptors (Lipinski definition) is 5. The zero-order chi connectivity index (χ0) is 23.9. The van der Waals surface area contributed by atoms with Gasteiger partial charge in [-0.1, -0.05) is 37.3 Å². The summed E-state index contributed by atoms with van der Waals surface area (Å²) in [4.78, 5) is 29.7. The van der Waals surface area contributed by atoms with E-state index in [1.165, 1.54) is 11.6 Å². The summed E-state index contributed by atoms with van der Waals surface area (Å²) < 4.78 is 5.38. The van der Waals surface area contributed by atoms with Crippen LogP contribution >= 0.6 is 0 Å². The van der Waals surface area contributed by atoms with Crippen LogP contribution in [0.15, 0.2) is 48.7 Å². The average molecular weight is 465 g/mol. The lowest BCUT2D eigenvalue weighted by molar-refractivity contribution is -0.384. The maximum Gasteiger partial charge on any atom is 0.269 e. The van der Waals surface area contributed by atoms with Gasteiger partial charge in [-0.05, 0) is 36.1 Å². The summed E-state index contributed by atoms with van der Waals surface area (Å²) in [6.45, 7) is 7.04. The molecule has 1 aliphatic rings. The van der Waals surface area contributed by atoms with E-state index >= 15 is 0 Å². The van der Waals surface area contributed by atoms with Gasteiger partial charge in [0.1, 0.15) is 0 Å². The first kappa shape index (κ1) is 23.9. The number of carbonyl (C=O) groups excluding carboxylic acids is 1. The summed E-state index contributed by atoms with van der Waals surface area (Å²) in [6.07, 6.45) is 3.93. The first-order valence-corrected chi connectivity index (χ1v) is 12.0. The number of nitrogens with zero attached hydrogens (tertiary/aromatic N) is 2. The van der Waals surface area contributed by atoms with Crippen LogP contribution in [0.1, 0.15) is 42.4 Å². The quantitative estimate of drug-likeness (QED) is 0.268. The van der Waals surface area contributed by atoms with Gasteiger partial charge in [0.15, 0.2) is 0 Å². The molecule has 1 unspecified atom stereocenters. The number of nitrogens with one attached hydrogen (secondary N) is 2. The van der Waals surface area contributed by atoms with Gasteiger partial charge in [-0.25, -0.2) is 0 Å². The Labute approximate surface area is 199 Å². The molecule has 2 heterocycles. The third-order valence-electron chi connectivity index (χ3n) is 6.54. The van der Waals surface area contributed by atoms with Gasteiger partial charge in [0.2, 0.25) is 5.91 Å². The number of nitro benzene ring substituents is 1. The van der Waals surface area contributed by atoms with Crippen LogP contribution in [0.3, 0.4) is 0 Å². The van der Waals surface area contributed by atoms with Crippen LogP contribution in [0.4, 0.5) is 5.69 Å². The van der Waals surface area contributed by atoms with Crippen LogP contribution in [0.2, 0.25) is 0 Å². The summed E-state index contributed by atoms with van der Waals surface area (Å²) >= 11 is 0. The number of rotatable bonds is 10. The molecule has 8 nitrogen and oxygen atoms in total. The van der Waals surface area contributed by atoms with Crippen LogP contribution in [-0.4, -0.2) is 60.1 Å².